The number of aliphatic imine (C=N–C) groups is 1. The molecule has 2 aliphatic rings. The van der Waals surface area contributed by atoms with Crippen molar-refractivity contribution < 1.29 is 23.8 Å². The van der Waals surface area contributed by atoms with Crippen LogP contribution in [0, 0.1) is 5.92 Å². The quantitative estimate of drug-likeness (QED) is 0.262. The molecule has 4 rings (SSSR count). The third kappa shape index (κ3) is 5.88. The highest BCUT2D eigenvalue weighted by molar-refractivity contribution is 8.18. The van der Waals surface area contributed by atoms with Crippen LogP contribution in [0.4, 0.5) is 10.5 Å². The van der Waals surface area contributed by atoms with Gasteiger partial charge in [0.25, 0.3) is 5.91 Å². The first-order chi connectivity index (χ1) is 17.0. The van der Waals surface area contributed by atoms with Gasteiger partial charge in [0, 0.05) is 6.04 Å². The van der Waals surface area contributed by atoms with Crippen LogP contribution in [0.2, 0.25) is 0 Å². The summed E-state index contributed by atoms with van der Waals surface area (Å²) in [7, 11) is 1.50. The van der Waals surface area contributed by atoms with E-state index in [9.17, 15) is 9.59 Å². The molecular weight excluding hydrogens is 464 g/mol. The number of rotatable bonds is 6. The van der Waals surface area contributed by atoms with Crippen LogP contribution >= 0.6 is 11.8 Å². The van der Waals surface area contributed by atoms with Gasteiger partial charge in [0.2, 0.25) is 0 Å². The van der Waals surface area contributed by atoms with Gasteiger partial charge < -0.3 is 14.2 Å². The second kappa shape index (κ2) is 11.4. The molecule has 1 saturated carbocycles. The average Bonchev–Trinajstić information content (AvgIpc) is 3.15. The lowest BCUT2D eigenvalue weighted by Gasteiger charge is -2.35. The molecule has 184 valence electrons. The predicted octanol–water partition coefficient (Wildman–Crippen LogP) is 6.41. The smallest absolute Gasteiger partial charge is 0.493 e. The molecule has 1 aliphatic heterocycles. The zero-order valence-corrected chi connectivity index (χ0v) is 21.0. The zero-order valence-electron chi connectivity index (χ0n) is 20.2. The number of thioether (sulfide) groups is 1. The Morgan fingerprint density at radius 1 is 1.14 bits per heavy atom. The molecule has 2 fully saturated rings. The van der Waals surface area contributed by atoms with Crippen molar-refractivity contribution >= 4 is 40.8 Å². The van der Waals surface area contributed by atoms with Gasteiger partial charge in [-0.1, -0.05) is 44.0 Å². The number of nitrogens with zero attached hydrogens (tertiary/aromatic N) is 2. The minimum absolute atomic E-state index is 0.0331. The highest BCUT2D eigenvalue weighted by Crippen LogP contribution is 2.40. The van der Waals surface area contributed by atoms with E-state index in [1.54, 1.807) is 25.1 Å². The van der Waals surface area contributed by atoms with Gasteiger partial charge in [0.15, 0.2) is 16.7 Å². The highest BCUT2D eigenvalue weighted by Gasteiger charge is 2.41. The molecule has 2 aromatic carbocycles. The number of para-hydroxylation sites is 1. The van der Waals surface area contributed by atoms with Crippen LogP contribution in [0.1, 0.15) is 45.1 Å². The Bertz CT molecular complexity index is 1130. The fraction of sp³-hybridized carbons (Fsp3) is 0.370. The maximum absolute atomic E-state index is 13.6. The topological polar surface area (TPSA) is 77.4 Å². The molecule has 0 aromatic heterocycles. The second-order valence-corrected chi connectivity index (χ2v) is 9.55. The third-order valence-corrected chi connectivity index (χ3v) is 7.14. The zero-order chi connectivity index (χ0) is 24.8. The fourth-order valence-corrected chi connectivity index (χ4v) is 5.44. The van der Waals surface area contributed by atoms with E-state index >= 15 is 0 Å². The van der Waals surface area contributed by atoms with Crippen LogP contribution < -0.4 is 9.47 Å². The van der Waals surface area contributed by atoms with Crippen LogP contribution in [0.15, 0.2) is 58.4 Å². The van der Waals surface area contributed by atoms with Crippen molar-refractivity contribution in [2.24, 2.45) is 10.9 Å². The Morgan fingerprint density at radius 2 is 1.91 bits per heavy atom. The monoisotopic (exact) mass is 494 g/mol. The van der Waals surface area contributed by atoms with Crippen LogP contribution in [0.5, 0.6) is 11.5 Å². The number of carbonyl (C=O) groups is 2. The number of carbonyl (C=O) groups excluding carboxylic acids is 2. The van der Waals surface area contributed by atoms with Crippen LogP contribution in [0.25, 0.3) is 6.08 Å². The van der Waals surface area contributed by atoms with E-state index < -0.39 is 6.16 Å². The number of amides is 1. The van der Waals surface area contributed by atoms with E-state index in [4.69, 9.17) is 19.2 Å². The molecule has 2 aromatic rings. The van der Waals surface area contributed by atoms with Crippen molar-refractivity contribution in [2.75, 3.05) is 13.7 Å². The third-order valence-electron chi connectivity index (χ3n) is 6.16. The summed E-state index contributed by atoms with van der Waals surface area (Å²) in [6, 6.07) is 15.0. The van der Waals surface area contributed by atoms with Gasteiger partial charge >= 0.3 is 6.16 Å². The van der Waals surface area contributed by atoms with Crippen LogP contribution in [0.3, 0.4) is 0 Å². The van der Waals surface area contributed by atoms with E-state index in [0.717, 1.165) is 30.5 Å². The first-order valence-corrected chi connectivity index (χ1v) is 12.7. The molecule has 0 spiro atoms. The molecule has 1 saturated heterocycles. The summed E-state index contributed by atoms with van der Waals surface area (Å²) in [5.74, 6) is 1.00. The maximum Gasteiger partial charge on any atom is 0.513 e. The van der Waals surface area contributed by atoms with E-state index in [1.165, 1.54) is 25.3 Å². The summed E-state index contributed by atoms with van der Waals surface area (Å²) in [4.78, 5) is 32.7. The molecular formula is C27H30N2O5S. The SMILES string of the molecule is CCOC(=O)Oc1ccc(/C=C2\SC(=Nc3ccccc3)N([C@H]3CCCC[C@H]3C)C2=O)cc1OC. The summed E-state index contributed by atoms with van der Waals surface area (Å²) in [6.07, 6.45) is 5.43. The Morgan fingerprint density at radius 3 is 2.63 bits per heavy atom. The Balaban J connectivity index is 1.65. The molecule has 7 nitrogen and oxygen atoms in total. The summed E-state index contributed by atoms with van der Waals surface area (Å²) < 4.78 is 15.4. The van der Waals surface area contributed by atoms with Crippen molar-refractivity contribution in [1.82, 2.24) is 4.90 Å². The minimum Gasteiger partial charge on any atom is -0.493 e. The lowest BCUT2D eigenvalue weighted by molar-refractivity contribution is -0.124. The minimum atomic E-state index is -0.794. The number of hydrogen-bond donors (Lipinski definition) is 0. The lowest BCUT2D eigenvalue weighted by Crippen LogP contribution is -2.44. The van der Waals surface area contributed by atoms with Gasteiger partial charge in [-0.2, -0.15) is 0 Å². The van der Waals surface area contributed by atoms with Crippen LogP contribution in [-0.2, 0) is 9.53 Å². The van der Waals surface area contributed by atoms with E-state index in [-0.39, 0.29) is 24.3 Å². The fourth-order valence-electron chi connectivity index (χ4n) is 4.40. The molecule has 2 atom stereocenters. The normalized spacial score (nSPS) is 22.5. The van der Waals surface area contributed by atoms with Crippen molar-refractivity contribution in [3.05, 3.63) is 59.0 Å². The average molecular weight is 495 g/mol. The predicted molar refractivity (Wildman–Crippen MR) is 138 cm³/mol. The molecule has 1 heterocycles. The Labute approximate surface area is 210 Å². The first-order valence-electron chi connectivity index (χ1n) is 11.9. The molecule has 35 heavy (non-hydrogen) atoms. The Kier molecular flexibility index (Phi) is 8.13. The van der Waals surface area contributed by atoms with Gasteiger partial charge in [-0.15, -0.1) is 0 Å². The number of methoxy groups -OCH3 is 1. The first kappa shape index (κ1) is 24.9. The van der Waals surface area contributed by atoms with E-state index in [0.29, 0.717) is 21.7 Å². The molecule has 1 aliphatic carbocycles. The summed E-state index contributed by atoms with van der Waals surface area (Å²) in [5, 5.41) is 0.709. The molecule has 0 unspecified atom stereocenters. The number of benzene rings is 2. The van der Waals surface area contributed by atoms with Crippen LogP contribution in [-0.4, -0.2) is 41.9 Å². The number of amidine groups is 1. The van der Waals surface area contributed by atoms with Gasteiger partial charge in [0.05, 0.1) is 24.3 Å². The van der Waals surface area contributed by atoms with Crippen molar-refractivity contribution in [3.63, 3.8) is 0 Å². The van der Waals surface area contributed by atoms with Gasteiger partial charge in [0.1, 0.15) is 0 Å². The second-order valence-electron chi connectivity index (χ2n) is 8.54. The van der Waals surface area contributed by atoms with Gasteiger partial charge in [-0.05, 0) is 73.4 Å². The molecule has 0 radical (unpaired) electrons. The van der Waals surface area contributed by atoms with Gasteiger partial charge in [-0.25, -0.2) is 9.79 Å². The van der Waals surface area contributed by atoms with Crippen molar-refractivity contribution in [2.45, 2.75) is 45.6 Å². The largest absolute Gasteiger partial charge is 0.513 e. The standard InChI is InChI=1S/C27H30N2O5S/c1-4-33-27(31)34-22-15-14-19(16-23(22)32-3)17-24-25(30)29(21-13-9-8-10-18(21)2)26(35-24)28-20-11-6-5-7-12-20/h5-7,11-12,14-18,21H,4,8-10,13H2,1-3H3/b24-17-,28-26?/t18-,21+/m1/s1. The molecule has 8 heteroatoms. The highest BCUT2D eigenvalue weighted by atomic mass is 32.2. The van der Waals surface area contributed by atoms with E-state index in [1.807, 2.05) is 41.3 Å². The summed E-state index contributed by atoms with van der Waals surface area (Å²) in [5.41, 5.74) is 1.58. The molecule has 1 amide bonds. The van der Waals surface area contributed by atoms with Crippen molar-refractivity contribution in [1.29, 1.82) is 0 Å². The summed E-state index contributed by atoms with van der Waals surface area (Å²) in [6.45, 7) is 4.14. The lowest BCUT2D eigenvalue weighted by atomic mass is 9.85. The van der Waals surface area contributed by atoms with E-state index in [2.05, 4.69) is 6.92 Å². The Hall–Kier alpha value is -3.26. The number of hydrogen-bond acceptors (Lipinski definition) is 7. The van der Waals surface area contributed by atoms with Crippen molar-refractivity contribution in [3.8, 4) is 11.5 Å². The molecule has 0 bridgehead atoms. The maximum atomic E-state index is 13.6. The van der Waals surface area contributed by atoms with Gasteiger partial charge in [-0.3, -0.25) is 9.69 Å². The molecule has 0 N–H and O–H groups in total. The summed E-state index contributed by atoms with van der Waals surface area (Å²) >= 11 is 1.39. The number of ether oxygens (including phenoxy) is 3.